The van der Waals surface area contributed by atoms with Gasteiger partial charge in [0, 0.05) is 5.92 Å². The van der Waals surface area contributed by atoms with Gasteiger partial charge in [-0.25, -0.2) is 0 Å². The van der Waals surface area contributed by atoms with Crippen LogP contribution in [-0.4, -0.2) is 47.1 Å². The van der Waals surface area contributed by atoms with E-state index in [4.69, 9.17) is 5.11 Å². The van der Waals surface area contributed by atoms with Gasteiger partial charge in [0.15, 0.2) is 0 Å². The molecule has 0 amide bonds. The predicted molar refractivity (Wildman–Crippen MR) is 71.4 cm³/mol. The number of fused-ring (bicyclic) bond motifs is 2. The largest absolute Gasteiger partial charge is 0.426 e. The smallest absolute Gasteiger partial charge is 0.374 e. The second-order valence-corrected chi connectivity index (χ2v) is 7.11. The molecule has 2 bridgehead atoms. The summed E-state index contributed by atoms with van der Waals surface area (Å²) in [4.78, 5) is 0. The molecule has 0 aliphatic heterocycles. The molecule has 2 aliphatic rings. The van der Waals surface area contributed by atoms with Crippen LogP contribution in [0.15, 0.2) is 12.2 Å². The first-order valence-corrected chi connectivity index (χ1v) is 8.10. The van der Waals surface area contributed by atoms with Crippen LogP contribution in [0.25, 0.3) is 0 Å². The summed E-state index contributed by atoms with van der Waals surface area (Å²) in [6.45, 7) is 0. The molecule has 2 rings (SSSR count). The van der Waals surface area contributed by atoms with Crippen molar-refractivity contribution in [2.45, 2.75) is 67.7 Å². The van der Waals surface area contributed by atoms with E-state index in [9.17, 15) is 52.7 Å². The van der Waals surface area contributed by atoms with Crippen molar-refractivity contribution in [2.24, 2.45) is 11.8 Å². The molecule has 2 aliphatic carbocycles. The van der Waals surface area contributed by atoms with E-state index in [-0.39, 0.29) is 12.8 Å². The van der Waals surface area contributed by atoms with Crippen molar-refractivity contribution >= 4 is 0 Å². The minimum absolute atomic E-state index is 0.158. The Morgan fingerprint density at radius 1 is 0.690 bits per heavy atom. The number of rotatable bonds is 5. The third-order valence-corrected chi connectivity index (χ3v) is 5.26. The van der Waals surface area contributed by atoms with E-state index in [1.807, 2.05) is 0 Å². The van der Waals surface area contributed by atoms with Gasteiger partial charge in [-0.3, -0.25) is 0 Å². The SMILES string of the molecule is OC(CCC(OC1CC2C=CC1C2)(C(F)(F)F)C(F)(F)F)(C(F)(F)F)C(F)(F)F. The van der Waals surface area contributed by atoms with Crippen molar-refractivity contribution in [3.05, 3.63) is 12.2 Å². The molecule has 0 aromatic rings. The van der Waals surface area contributed by atoms with Crippen LogP contribution in [0.4, 0.5) is 52.7 Å². The van der Waals surface area contributed by atoms with Gasteiger partial charge >= 0.3 is 24.7 Å². The summed E-state index contributed by atoms with van der Waals surface area (Å²) in [6.07, 6.45) is -30.7. The fourth-order valence-electron chi connectivity index (χ4n) is 3.56. The van der Waals surface area contributed by atoms with Gasteiger partial charge in [-0.05, 0) is 31.6 Å². The zero-order valence-corrected chi connectivity index (χ0v) is 14.1. The zero-order valence-electron chi connectivity index (χ0n) is 14.1. The lowest BCUT2D eigenvalue weighted by Gasteiger charge is -2.42. The van der Waals surface area contributed by atoms with E-state index in [1.165, 1.54) is 12.2 Å². The summed E-state index contributed by atoms with van der Waals surface area (Å²) >= 11 is 0. The number of ether oxygens (including phenoxy) is 1. The summed E-state index contributed by atoms with van der Waals surface area (Å²) < 4.78 is 161. The Labute approximate surface area is 155 Å². The second-order valence-electron chi connectivity index (χ2n) is 7.11. The average molecular weight is 454 g/mol. The lowest BCUT2D eigenvalue weighted by Crippen LogP contribution is -2.63. The van der Waals surface area contributed by atoms with E-state index in [2.05, 4.69) is 4.74 Å². The van der Waals surface area contributed by atoms with Gasteiger partial charge in [-0.15, -0.1) is 0 Å². The number of hydrogen-bond acceptors (Lipinski definition) is 2. The van der Waals surface area contributed by atoms with Gasteiger partial charge in [0.2, 0.25) is 0 Å². The van der Waals surface area contributed by atoms with Crippen LogP contribution in [0.3, 0.4) is 0 Å². The predicted octanol–water partition coefficient (Wildman–Crippen LogP) is 5.47. The highest BCUT2D eigenvalue weighted by Gasteiger charge is 2.76. The minimum atomic E-state index is -6.57. The van der Waals surface area contributed by atoms with E-state index < -0.39 is 66.7 Å². The molecule has 1 N–H and O–H groups in total. The molecular weight excluding hydrogens is 440 g/mol. The third-order valence-electron chi connectivity index (χ3n) is 5.26. The Kier molecular flexibility index (Phi) is 5.75. The highest BCUT2D eigenvalue weighted by molar-refractivity contribution is 5.12. The Morgan fingerprint density at radius 2 is 1.17 bits per heavy atom. The first kappa shape index (κ1) is 24.1. The van der Waals surface area contributed by atoms with Crippen molar-refractivity contribution in [3.63, 3.8) is 0 Å². The summed E-state index contributed by atoms with van der Waals surface area (Å²) in [5, 5.41) is 8.99. The number of hydrogen-bond donors (Lipinski definition) is 1. The van der Waals surface area contributed by atoms with Crippen molar-refractivity contribution in [3.8, 4) is 0 Å². The molecule has 0 aromatic carbocycles. The van der Waals surface area contributed by atoms with E-state index in [0.717, 1.165) is 0 Å². The van der Waals surface area contributed by atoms with Crippen molar-refractivity contribution < 1.29 is 62.5 Å². The fraction of sp³-hybridized carbons (Fsp3) is 0.867. The molecule has 0 heterocycles. The van der Waals surface area contributed by atoms with Gasteiger partial charge < -0.3 is 9.84 Å². The number of alkyl halides is 12. The lowest BCUT2D eigenvalue weighted by molar-refractivity contribution is -0.407. The second kappa shape index (κ2) is 6.92. The fourth-order valence-corrected chi connectivity index (χ4v) is 3.56. The van der Waals surface area contributed by atoms with Gasteiger partial charge in [-0.2, -0.15) is 52.7 Å². The highest BCUT2D eigenvalue weighted by Crippen LogP contribution is 2.55. The molecule has 1 fully saturated rings. The zero-order chi connectivity index (χ0) is 22.7. The van der Waals surface area contributed by atoms with Crippen molar-refractivity contribution in [2.75, 3.05) is 0 Å². The topological polar surface area (TPSA) is 29.5 Å². The molecular formula is C15H14F12O2. The monoisotopic (exact) mass is 454 g/mol. The van der Waals surface area contributed by atoms with Gasteiger partial charge in [0.05, 0.1) is 6.10 Å². The third kappa shape index (κ3) is 4.06. The van der Waals surface area contributed by atoms with Crippen LogP contribution in [0.2, 0.25) is 0 Å². The van der Waals surface area contributed by atoms with E-state index in [0.29, 0.717) is 0 Å². The van der Waals surface area contributed by atoms with Crippen LogP contribution < -0.4 is 0 Å². The standard InChI is InChI=1S/C15H14F12O2/c16-12(17,18)10(28,13(19,20)21)3-4-11(14(22,23)24,15(25,26)27)29-9-6-7-1-2-8(9)5-7/h1-2,7-9,28H,3-6H2. The van der Waals surface area contributed by atoms with Gasteiger partial charge in [-0.1, -0.05) is 12.2 Å². The van der Waals surface area contributed by atoms with Crippen LogP contribution in [0.1, 0.15) is 25.7 Å². The summed E-state index contributed by atoms with van der Waals surface area (Å²) in [5.41, 5.74) is -11.1. The average Bonchev–Trinajstić information content (AvgIpc) is 3.08. The summed E-state index contributed by atoms with van der Waals surface area (Å²) in [6, 6.07) is 0. The number of halogens is 12. The van der Waals surface area contributed by atoms with Crippen molar-refractivity contribution in [1.82, 2.24) is 0 Å². The summed E-state index contributed by atoms with van der Waals surface area (Å²) in [7, 11) is 0. The molecule has 0 saturated heterocycles. The van der Waals surface area contributed by atoms with Crippen LogP contribution >= 0.6 is 0 Å². The van der Waals surface area contributed by atoms with Gasteiger partial charge in [0.25, 0.3) is 11.2 Å². The molecule has 29 heavy (non-hydrogen) atoms. The van der Waals surface area contributed by atoms with E-state index >= 15 is 0 Å². The minimum Gasteiger partial charge on any atom is -0.374 e. The Hall–Kier alpha value is -1.18. The number of aliphatic hydroxyl groups is 1. The molecule has 0 spiro atoms. The lowest BCUT2D eigenvalue weighted by atomic mass is 9.86. The quantitative estimate of drug-likeness (QED) is 0.441. The van der Waals surface area contributed by atoms with Crippen LogP contribution in [-0.2, 0) is 4.74 Å². The normalized spacial score (nSPS) is 26.4. The first-order chi connectivity index (χ1) is 12.8. The van der Waals surface area contributed by atoms with Gasteiger partial charge in [0.1, 0.15) is 0 Å². The molecule has 1 saturated carbocycles. The molecule has 14 heteroatoms. The maximum absolute atomic E-state index is 13.4. The summed E-state index contributed by atoms with van der Waals surface area (Å²) in [5.74, 6) is -1.28. The number of allylic oxidation sites excluding steroid dienone is 1. The molecule has 0 radical (unpaired) electrons. The van der Waals surface area contributed by atoms with Crippen molar-refractivity contribution in [1.29, 1.82) is 0 Å². The molecule has 3 atom stereocenters. The maximum Gasteiger partial charge on any atom is 0.426 e. The Bertz CT molecular complexity index is 599. The van der Waals surface area contributed by atoms with Crippen LogP contribution in [0.5, 0.6) is 0 Å². The molecule has 170 valence electrons. The Morgan fingerprint density at radius 3 is 1.48 bits per heavy atom. The highest BCUT2D eigenvalue weighted by atomic mass is 19.4. The maximum atomic E-state index is 13.4. The first-order valence-electron chi connectivity index (χ1n) is 8.10. The molecule has 0 aromatic heterocycles. The molecule has 3 unspecified atom stereocenters. The van der Waals surface area contributed by atoms with E-state index in [1.54, 1.807) is 0 Å². The van der Waals surface area contributed by atoms with Crippen LogP contribution in [0, 0.1) is 11.8 Å². The molecule has 2 nitrogen and oxygen atoms in total. The Balaban J connectivity index is 2.43.